The maximum Gasteiger partial charge on any atom is 0.0856 e. The Hall–Kier alpha value is -0.860. The van der Waals surface area contributed by atoms with Gasteiger partial charge in [-0.05, 0) is 50.9 Å². The van der Waals surface area contributed by atoms with Crippen molar-refractivity contribution in [3.8, 4) is 0 Å². The topological polar surface area (TPSA) is 12.5 Å². The summed E-state index contributed by atoms with van der Waals surface area (Å²) in [5, 5.41) is 0. The van der Waals surface area contributed by atoms with Gasteiger partial charge in [-0.2, -0.15) is 0 Å². The molecule has 2 rings (SSSR count). The van der Waals surface area contributed by atoms with Crippen LogP contribution in [-0.2, 0) is 4.74 Å². The van der Waals surface area contributed by atoms with Crippen molar-refractivity contribution in [2.24, 2.45) is 5.92 Å². The Morgan fingerprint density at radius 3 is 2.50 bits per heavy atom. The van der Waals surface area contributed by atoms with Crippen LogP contribution in [0, 0.1) is 12.8 Å². The fraction of sp³-hybridized carbons (Fsp3) is 0.667. The summed E-state index contributed by atoms with van der Waals surface area (Å²) in [6, 6.07) is 8.73. The number of hydrogen-bond donors (Lipinski definition) is 0. The molecule has 1 aromatic rings. The molecule has 1 fully saturated rings. The van der Waals surface area contributed by atoms with Crippen LogP contribution < -0.4 is 0 Å². The summed E-state index contributed by atoms with van der Waals surface area (Å²) in [5.41, 5.74) is 2.77. The smallest absolute Gasteiger partial charge is 0.0856 e. The lowest BCUT2D eigenvalue weighted by atomic mass is 9.81. The van der Waals surface area contributed by atoms with E-state index in [1.807, 2.05) is 0 Å². The normalized spacial score (nSPS) is 18.4. The van der Waals surface area contributed by atoms with E-state index in [0.717, 1.165) is 13.2 Å². The van der Waals surface area contributed by atoms with E-state index in [4.69, 9.17) is 4.74 Å². The molecule has 0 aromatic heterocycles. The molecule has 0 radical (unpaired) electrons. The molecule has 0 N–H and O–H groups in total. The highest BCUT2D eigenvalue weighted by Crippen LogP contribution is 2.37. The van der Waals surface area contributed by atoms with Gasteiger partial charge in [-0.25, -0.2) is 0 Å². The molecule has 0 saturated heterocycles. The minimum atomic E-state index is 0.288. The van der Waals surface area contributed by atoms with Crippen LogP contribution in [-0.4, -0.2) is 32.1 Å². The van der Waals surface area contributed by atoms with Crippen LogP contribution >= 0.6 is 0 Å². The van der Waals surface area contributed by atoms with Gasteiger partial charge in [0.25, 0.3) is 0 Å². The zero-order chi connectivity index (χ0) is 14.4. The molecular weight excluding hydrogens is 246 g/mol. The Kier molecular flexibility index (Phi) is 6.06. The van der Waals surface area contributed by atoms with Crippen LogP contribution in [0.25, 0.3) is 0 Å². The predicted molar refractivity (Wildman–Crippen MR) is 85.0 cm³/mol. The van der Waals surface area contributed by atoms with E-state index >= 15 is 0 Å². The van der Waals surface area contributed by atoms with Crippen molar-refractivity contribution in [3.05, 3.63) is 35.4 Å². The van der Waals surface area contributed by atoms with Crippen LogP contribution in [0.3, 0.4) is 0 Å². The molecule has 2 heteroatoms. The minimum Gasteiger partial charge on any atom is -0.372 e. The van der Waals surface area contributed by atoms with E-state index in [2.05, 4.69) is 50.2 Å². The quantitative estimate of drug-likeness (QED) is 0.771. The lowest BCUT2D eigenvalue weighted by molar-refractivity contribution is -0.00724. The number of aryl methyl sites for hydroxylation is 1. The lowest BCUT2D eigenvalue weighted by Crippen LogP contribution is -2.24. The molecule has 0 spiro atoms. The highest BCUT2D eigenvalue weighted by atomic mass is 16.5. The first-order chi connectivity index (χ1) is 9.68. The molecule has 0 aliphatic heterocycles. The van der Waals surface area contributed by atoms with Gasteiger partial charge in [-0.1, -0.05) is 43.5 Å². The van der Waals surface area contributed by atoms with Crippen LogP contribution in [0.4, 0.5) is 0 Å². The maximum absolute atomic E-state index is 6.32. The van der Waals surface area contributed by atoms with Crippen molar-refractivity contribution >= 4 is 0 Å². The SMILES string of the molecule is Cc1ccccc1[C@@H](OCCN(C)C)C1CCCCC1. The summed E-state index contributed by atoms with van der Waals surface area (Å²) in [4.78, 5) is 2.19. The second-order valence-corrected chi connectivity index (χ2v) is 6.35. The zero-order valence-electron chi connectivity index (χ0n) is 13.3. The second kappa shape index (κ2) is 7.80. The number of hydrogen-bond acceptors (Lipinski definition) is 2. The third-order valence-electron chi connectivity index (χ3n) is 4.41. The molecule has 1 aliphatic carbocycles. The summed E-state index contributed by atoms with van der Waals surface area (Å²) in [6.07, 6.45) is 7.06. The minimum absolute atomic E-state index is 0.288. The standard InChI is InChI=1S/C18H29NO/c1-15-9-7-8-12-17(15)18(20-14-13-19(2)3)16-10-5-4-6-11-16/h7-9,12,16,18H,4-6,10-11,13-14H2,1-3H3/t18-/m0/s1. The zero-order valence-corrected chi connectivity index (χ0v) is 13.3. The molecule has 112 valence electrons. The molecule has 0 unspecified atom stereocenters. The number of nitrogens with zero attached hydrogens (tertiary/aromatic N) is 1. The molecule has 20 heavy (non-hydrogen) atoms. The van der Waals surface area contributed by atoms with Gasteiger partial charge in [-0.15, -0.1) is 0 Å². The molecule has 1 aromatic carbocycles. The molecule has 0 bridgehead atoms. The fourth-order valence-corrected chi connectivity index (χ4v) is 3.18. The highest BCUT2D eigenvalue weighted by molar-refractivity contribution is 5.28. The highest BCUT2D eigenvalue weighted by Gasteiger charge is 2.26. The van der Waals surface area contributed by atoms with Crippen molar-refractivity contribution in [2.75, 3.05) is 27.2 Å². The van der Waals surface area contributed by atoms with Gasteiger partial charge in [0.05, 0.1) is 12.7 Å². The van der Waals surface area contributed by atoms with Crippen molar-refractivity contribution in [2.45, 2.75) is 45.1 Å². The molecule has 1 saturated carbocycles. The molecule has 0 heterocycles. The Morgan fingerprint density at radius 2 is 1.85 bits per heavy atom. The Balaban J connectivity index is 2.08. The first kappa shape index (κ1) is 15.5. The summed E-state index contributed by atoms with van der Waals surface area (Å²) < 4.78 is 6.32. The van der Waals surface area contributed by atoms with Crippen LogP contribution in [0.2, 0.25) is 0 Å². The van der Waals surface area contributed by atoms with Gasteiger partial charge >= 0.3 is 0 Å². The van der Waals surface area contributed by atoms with Gasteiger partial charge in [-0.3, -0.25) is 0 Å². The van der Waals surface area contributed by atoms with E-state index in [0.29, 0.717) is 5.92 Å². The Bertz CT molecular complexity index is 396. The Labute approximate surface area is 124 Å². The summed E-state index contributed by atoms with van der Waals surface area (Å²) in [6.45, 7) is 4.03. The van der Waals surface area contributed by atoms with Gasteiger partial charge in [0.15, 0.2) is 0 Å². The Morgan fingerprint density at radius 1 is 1.15 bits per heavy atom. The molecular formula is C18H29NO. The van der Waals surface area contributed by atoms with E-state index in [1.165, 1.54) is 43.2 Å². The second-order valence-electron chi connectivity index (χ2n) is 6.35. The maximum atomic E-state index is 6.32. The average Bonchev–Trinajstić information content (AvgIpc) is 2.45. The number of likely N-dealkylation sites (N-methyl/N-ethyl adjacent to an activating group) is 1. The van der Waals surface area contributed by atoms with Crippen LogP contribution in [0.1, 0.15) is 49.3 Å². The lowest BCUT2D eigenvalue weighted by Gasteiger charge is -2.32. The number of rotatable bonds is 6. The van der Waals surface area contributed by atoms with Crippen molar-refractivity contribution in [1.82, 2.24) is 4.90 Å². The summed E-state index contributed by atoms with van der Waals surface area (Å²) in [7, 11) is 4.21. The van der Waals surface area contributed by atoms with E-state index in [1.54, 1.807) is 0 Å². The largest absolute Gasteiger partial charge is 0.372 e. The molecule has 0 amide bonds. The van der Waals surface area contributed by atoms with Crippen LogP contribution in [0.15, 0.2) is 24.3 Å². The monoisotopic (exact) mass is 275 g/mol. The molecule has 1 aliphatic rings. The van der Waals surface area contributed by atoms with Crippen molar-refractivity contribution in [3.63, 3.8) is 0 Å². The third-order valence-corrected chi connectivity index (χ3v) is 4.41. The van der Waals surface area contributed by atoms with E-state index in [9.17, 15) is 0 Å². The van der Waals surface area contributed by atoms with E-state index < -0.39 is 0 Å². The fourth-order valence-electron chi connectivity index (χ4n) is 3.18. The van der Waals surface area contributed by atoms with Crippen LogP contribution in [0.5, 0.6) is 0 Å². The third kappa shape index (κ3) is 4.32. The van der Waals surface area contributed by atoms with Gasteiger partial charge in [0.1, 0.15) is 0 Å². The van der Waals surface area contributed by atoms with Gasteiger partial charge in [0.2, 0.25) is 0 Å². The predicted octanol–water partition coefficient (Wildman–Crippen LogP) is 4.19. The van der Waals surface area contributed by atoms with Crippen molar-refractivity contribution in [1.29, 1.82) is 0 Å². The molecule has 2 nitrogen and oxygen atoms in total. The van der Waals surface area contributed by atoms with Gasteiger partial charge in [0, 0.05) is 6.54 Å². The van der Waals surface area contributed by atoms with E-state index in [-0.39, 0.29) is 6.10 Å². The van der Waals surface area contributed by atoms with Gasteiger partial charge < -0.3 is 9.64 Å². The summed E-state index contributed by atoms with van der Waals surface area (Å²) in [5.74, 6) is 0.701. The molecule has 1 atom stereocenters. The first-order valence-electron chi connectivity index (χ1n) is 8.00. The number of ether oxygens (including phenoxy) is 1. The first-order valence-corrected chi connectivity index (χ1v) is 8.00. The summed E-state index contributed by atoms with van der Waals surface area (Å²) >= 11 is 0. The average molecular weight is 275 g/mol. The van der Waals surface area contributed by atoms with Crippen molar-refractivity contribution < 1.29 is 4.74 Å². The number of benzene rings is 1.